The van der Waals surface area contributed by atoms with E-state index < -0.39 is 42.0 Å². The first kappa shape index (κ1) is 22.1. The molecule has 2 amide bonds. The van der Waals surface area contributed by atoms with Gasteiger partial charge in [-0.1, -0.05) is 30.3 Å². The lowest BCUT2D eigenvalue weighted by atomic mass is 10.0. The number of carboxylic acid groups (broad SMARTS) is 1. The second-order valence-electron chi connectivity index (χ2n) is 6.70. The number of aromatic nitrogens is 2. The SMILES string of the molecule is C[C@@H](O)[C@H](N)C(=O)N[C@@H](Cc1ccccc1)C(=O)N[C@@H](Cc1cnc[nH]1)C(=O)O. The largest absolute Gasteiger partial charge is 0.480 e. The monoisotopic (exact) mass is 403 g/mol. The molecule has 4 atom stereocenters. The Morgan fingerprint density at radius 2 is 1.76 bits per heavy atom. The Balaban J connectivity index is 2.15. The standard InChI is InChI=1S/C19H25N5O5/c1-11(25)16(20)18(27)23-14(7-12-5-3-2-4-6-12)17(26)24-15(19(28)29)8-13-9-21-10-22-13/h2-6,9-11,14-16,25H,7-8,20H2,1H3,(H,21,22)(H,23,27)(H,24,26)(H,28,29)/t11-,14+,15+,16+/m1/s1. The summed E-state index contributed by atoms with van der Waals surface area (Å²) < 4.78 is 0. The van der Waals surface area contributed by atoms with Gasteiger partial charge in [-0.15, -0.1) is 0 Å². The molecular formula is C19H25N5O5. The van der Waals surface area contributed by atoms with Crippen molar-refractivity contribution in [1.82, 2.24) is 20.6 Å². The second kappa shape index (κ2) is 10.3. The molecule has 0 bridgehead atoms. The zero-order valence-corrected chi connectivity index (χ0v) is 15.9. The van der Waals surface area contributed by atoms with Crippen LogP contribution in [-0.4, -0.2) is 62.2 Å². The van der Waals surface area contributed by atoms with Crippen LogP contribution in [0.3, 0.4) is 0 Å². The van der Waals surface area contributed by atoms with Crippen LogP contribution < -0.4 is 16.4 Å². The van der Waals surface area contributed by atoms with E-state index in [4.69, 9.17) is 5.73 Å². The van der Waals surface area contributed by atoms with Crippen molar-refractivity contribution in [3.63, 3.8) is 0 Å². The molecule has 0 aliphatic heterocycles. The smallest absolute Gasteiger partial charge is 0.326 e. The summed E-state index contributed by atoms with van der Waals surface area (Å²) in [6, 6.07) is 5.42. The van der Waals surface area contributed by atoms with Crippen LogP contribution in [0.5, 0.6) is 0 Å². The number of aliphatic hydroxyl groups excluding tert-OH is 1. The fraction of sp³-hybridized carbons (Fsp3) is 0.368. The Bertz CT molecular complexity index is 810. The van der Waals surface area contributed by atoms with E-state index >= 15 is 0 Å². The van der Waals surface area contributed by atoms with E-state index in [1.807, 2.05) is 6.07 Å². The van der Waals surface area contributed by atoms with Gasteiger partial charge in [-0.3, -0.25) is 9.59 Å². The van der Waals surface area contributed by atoms with Crippen LogP contribution in [0.25, 0.3) is 0 Å². The second-order valence-corrected chi connectivity index (χ2v) is 6.70. The first-order chi connectivity index (χ1) is 13.8. The molecule has 10 heteroatoms. The number of carboxylic acids is 1. The fourth-order valence-corrected chi connectivity index (χ4v) is 2.63. The summed E-state index contributed by atoms with van der Waals surface area (Å²) in [5.41, 5.74) is 6.95. The lowest BCUT2D eigenvalue weighted by Gasteiger charge is -2.23. The van der Waals surface area contributed by atoms with Crippen LogP contribution in [-0.2, 0) is 27.2 Å². The van der Waals surface area contributed by atoms with Crippen LogP contribution in [0.4, 0.5) is 0 Å². The van der Waals surface area contributed by atoms with Crippen molar-refractivity contribution in [2.45, 2.75) is 44.0 Å². The number of nitrogens with one attached hydrogen (secondary N) is 3. The van der Waals surface area contributed by atoms with Crippen molar-refractivity contribution >= 4 is 17.8 Å². The molecule has 10 nitrogen and oxygen atoms in total. The number of benzene rings is 1. The molecule has 0 spiro atoms. The maximum Gasteiger partial charge on any atom is 0.326 e. The molecule has 0 saturated carbocycles. The number of carbonyl (C=O) groups excluding carboxylic acids is 2. The van der Waals surface area contributed by atoms with Gasteiger partial charge in [-0.2, -0.15) is 0 Å². The number of aromatic amines is 1. The number of H-pyrrole nitrogens is 1. The summed E-state index contributed by atoms with van der Waals surface area (Å²) >= 11 is 0. The third-order valence-corrected chi connectivity index (χ3v) is 4.33. The van der Waals surface area contributed by atoms with E-state index in [0.717, 1.165) is 5.56 Å². The Hall–Kier alpha value is -3.24. The number of amides is 2. The maximum atomic E-state index is 12.8. The topological polar surface area (TPSA) is 170 Å². The molecule has 0 radical (unpaired) electrons. The van der Waals surface area contributed by atoms with Crippen molar-refractivity contribution in [3.8, 4) is 0 Å². The molecule has 0 aliphatic rings. The van der Waals surface area contributed by atoms with E-state index in [9.17, 15) is 24.6 Å². The van der Waals surface area contributed by atoms with E-state index in [1.165, 1.54) is 19.4 Å². The third-order valence-electron chi connectivity index (χ3n) is 4.33. The number of nitrogens with two attached hydrogens (primary N) is 1. The van der Waals surface area contributed by atoms with Gasteiger partial charge in [0.15, 0.2) is 0 Å². The van der Waals surface area contributed by atoms with Gasteiger partial charge >= 0.3 is 5.97 Å². The minimum atomic E-state index is -1.22. The molecule has 2 aromatic rings. The number of aliphatic carboxylic acids is 1. The van der Waals surface area contributed by atoms with Gasteiger partial charge in [0.2, 0.25) is 11.8 Å². The number of nitrogens with zero attached hydrogens (tertiary/aromatic N) is 1. The summed E-state index contributed by atoms with van der Waals surface area (Å²) in [6.45, 7) is 1.36. The van der Waals surface area contributed by atoms with Crippen LogP contribution in [0, 0.1) is 0 Å². The van der Waals surface area contributed by atoms with Crippen LogP contribution in [0.15, 0.2) is 42.9 Å². The highest BCUT2D eigenvalue weighted by Gasteiger charge is 2.29. The quantitative estimate of drug-likeness (QED) is 0.294. The van der Waals surface area contributed by atoms with Gasteiger partial charge < -0.3 is 31.6 Å². The molecule has 0 unspecified atom stereocenters. The highest BCUT2D eigenvalue weighted by molar-refractivity contribution is 5.92. The lowest BCUT2D eigenvalue weighted by Crippen LogP contribution is -2.57. The van der Waals surface area contributed by atoms with E-state index in [-0.39, 0.29) is 12.8 Å². The minimum absolute atomic E-state index is 0.000263. The molecule has 156 valence electrons. The summed E-state index contributed by atoms with van der Waals surface area (Å²) in [7, 11) is 0. The fourth-order valence-electron chi connectivity index (χ4n) is 2.63. The average molecular weight is 403 g/mol. The molecule has 1 aromatic heterocycles. The van der Waals surface area contributed by atoms with Crippen LogP contribution >= 0.6 is 0 Å². The molecule has 1 heterocycles. The van der Waals surface area contributed by atoms with Crippen molar-refractivity contribution in [1.29, 1.82) is 0 Å². The molecule has 0 saturated heterocycles. The van der Waals surface area contributed by atoms with Crippen molar-refractivity contribution in [2.75, 3.05) is 0 Å². The number of aliphatic hydroxyl groups is 1. The normalized spacial score (nSPS) is 15.0. The van der Waals surface area contributed by atoms with Gasteiger partial charge in [0.1, 0.15) is 18.1 Å². The van der Waals surface area contributed by atoms with Gasteiger partial charge in [0.25, 0.3) is 0 Å². The van der Waals surface area contributed by atoms with Gasteiger partial charge in [0, 0.05) is 24.7 Å². The summed E-state index contributed by atoms with van der Waals surface area (Å²) in [4.78, 5) is 43.2. The number of hydrogen-bond acceptors (Lipinski definition) is 6. The third kappa shape index (κ3) is 6.70. The summed E-state index contributed by atoms with van der Waals surface area (Å²) in [6.07, 6.45) is 1.89. The van der Waals surface area contributed by atoms with E-state index in [1.54, 1.807) is 24.3 Å². The number of carbonyl (C=O) groups is 3. The predicted octanol–water partition coefficient (Wildman–Crippen LogP) is -1.04. The zero-order chi connectivity index (χ0) is 21.4. The van der Waals surface area contributed by atoms with Crippen molar-refractivity contribution in [3.05, 3.63) is 54.1 Å². The molecule has 2 rings (SSSR count). The Labute approximate surface area is 167 Å². The molecule has 0 fully saturated rings. The van der Waals surface area contributed by atoms with Gasteiger partial charge in [-0.05, 0) is 12.5 Å². The maximum absolute atomic E-state index is 12.8. The molecular weight excluding hydrogens is 378 g/mol. The Kier molecular flexibility index (Phi) is 7.87. The van der Waals surface area contributed by atoms with E-state index in [2.05, 4.69) is 20.6 Å². The van der Waals surface area contributed by atoms with Gasteiger partial charge in [-0.25, -0.2) is 9.78 Å². The predicted molar refractivity (Wildman–Crippen MR) is 104 cm³/mol. The first-order valence-electron chi connectivity index (χ1n) is 9.06. The van der Waals surface area contributed by atoms with Gasteiger partial charge in [0.05, 0.1) is 12.4 Å². The number of imidazole rings is 1. The highest BCUT2D eigenvalue weighted by Crippen LogP contribution is 2.06. The Morgan fingerprint density at radius 3 is 2.31 bits per heavy atom. The lowest BCUT2D eigenvalue weighted by molar-refractivity contribution is -0.142. The molecule has 7 N–H and O–H groups in total. The Morgan fingerprint density at radius 1 is 1.10 bits per heavy atom. The zero-order valence-electron chi connectivity index (χ0n) is 15.9. The van der Waals surface area contributed by atoms with Crippen LogP contribution in [0.2, 0.25) is 0 Å². The molecule has 0 aliphatic carbocycles. The van der Waals surface area contributed by atoms with Crippen molar-refractivity contribution < 1.29 is 24.6 Å². The number of rotatable bonds is 10. The molecule has 29 heavy (non-hydrogen) atoms. The number of hydrogen-bond donors (Lipinski definition) is 6. The average Bonchev–Trinajstić information content (AvgIpc) is 3.20. The first-order valence-corrected chi connectivity index (χ1v) is 9.06. The summed E-state index contributed by atoms with van der Waals surface area (Å²) in [5, 5.41) is 23.9. The van der Waals surface area contributed by atoms with Crippen molar-refractivity contribution in [2.24, 2.45) is 5.73 Å². The van der Waals surface area contributed by atoms with E-state index in [0.29, 0.717) is 5.69 Å². The van der Waals surface area contributed by atoms with Crippen LogP contribution in [0.1, 0.15) is 18.2 Å². The molecule has 1 aromatic carbocycles. The highest BCUT2D eigenvalue weighted by atomic mass is 16.4. The summed E-state index contributed by atoms with van der Waals surface area (Å²) in [5.74, 6) is -2.61. The minimum Gasteiger partial charge on any atom is -0.480 e.